The molecule has 0 aliphatic carbocycles. The molecule has 23 heavy (non-hydrogen) atoms. The second kappa shape index (κ2) is 6.52. The van der Waals surface area contributed by atoms with Crippen molar-refractivity contribution in [2.75, 3.05) is 18.6 Å². The van der Waals surface area contributed by atoms with Crippen molar-refractivity contribution in [3.63, 3.8) is 0 Å². The largest absolute Gasteiger partial charge is 0.468 e. The molecular formula is C17H16BrNO4. The summed E-state index contributed by atoms with van der Waals surface area (Å²) < 4.78 is 5.53. The van der Waals surface area contributed by atoms with E-state index >= 15 is 0 Å². The zero-order valence-corrected chi connectivity index (χ0v) is 14.4. The molecule has 0 saturated heterocycles. The molecule has 2 rings (SSSR count). The van der Waals surface area contributed by atoms with Crippen LogP contribution in [-0.2, 0) is 19.1 Å². The van der Waals surface area contributed by atoms with E-state index in [2.05, 4.69) is 28.2 Å². The van der Waals surface area contributed by atoms with Crippen LogP contribution < -0.4 is 4.90 Å². The van der Waals surface area contributed by atoms with Gasteiger partial charge in [0.1, 0.15) is 6.29 Å². The lowest BCUT2D eigenvalue weighted by molar-refractivity contribution is -0.154. The predicted octanol–water partition coefficient (Wildman–Crippen LogP) is 2.60. The van der Waals surface area contributed by atoms with Gasteiger partial charge in [0.2, 0.25) is 5.91 Å². The van der Waals surface area contributed by atoms with Gasteiger partial charge in [-0.1, -0.05) is 22.5 Å². The maximum absolute atomic E-state index is 12.9. The van der Waals surface area contributed by atoms with Crippen molar-refractivity contribution in [1.82, 2.24) is 0 Å². The van der Waals surface area contributed by atoms with Crippen molar-refractivity contribution < 1.29 is 19.1 Å². The van der Waals surface area contributed by atoms with Gasteiger partial charge in [-0.15, -0.1) is 5.73 Å². The molecule has 1 aromatic carbocycles. The molecule has 0 saturated carbocycles. The Bertz CT molecular complexity index is 723. The number of anilines is 1. The Labute approximate surface area is 142 Å². The molecule has 1 aromatic rings. The van der Waals surface area contributed by atoms with Crippen LogP contribution in [0.25, 0.3) is 0 Å². The maximum Gasteiger partial charge on any atom is 0.324 e. The number of hydrogen-bond acceptors (Lipinski definition) is 4. The number of carbonyl (C=O) groups excluding carboxylic acids is 3. The van der Waals surface area contributed by atoms with E-state index in [1.807, 2.05) is 6.92 Å². The van der Waals surface area contributed by atoms with Gasteiger partial charge < -0.3 is 14.4 Å². The maximum atomic E-state index is 12.9. The summed E-state index contributed by atoms with van der Waals surface area (Å²) in [5.41, 5.74) is 1.95. The lowest BCUT2D eigenvalue weighted by atomic mass is 9.73. The van der Waals surface area contributed by atoms with E-state index in [-0.39, 0.29) is 5.91 Å². The van der Waals surface area contributed by atoms with E-state index in [4.69, 9.17) is 4.74 Å². The molecule has 2 unspecified atom stereocenters. The Morgan fingerprint density at radius 3 is 2.78 bits per heavy atom. The Morgan fingerprint density at radius 1 is 1.57 bits per heavy atom. The average Bonchev–Trinajstić information content (AvgIpc) is 2.83. The first-order chi connectivity index (χ1) is 11.0. The first-order valence-electron chi connectivity index (χ1n) is 6.99. The number of benzene rings is 1. The molecule has 0 radical (unpaired) electrons. The summed E-state index contributed by atoms with van der Waals surface area (Å²) in [6, 6.07) is 5.33. The molecule has 0 bridgehead atoms. The van der Waals surface area contributed by atoms with Crippen LogP contribution in [0.2, 0.25) is 0 Å². The molecule has 6 heteroatoms. The lowest BCUT2D eigenvalue weighted by Gasteiger charge is -2.27. The van der Waals surface area contributed by atoms with Gasteiger partial charge in [0.05, 0.1) is 13.0 Å². The average molecular weight is 378 g/mol. The van der Waals surface area contributed by atoms with E-state index in [0.29, 0.717) is 24.1 Å². The molecule has 120 valence electrons. The zero-order valence-electron chi connectivity index (χ0n) is 12.8. The molecule has 1 aliphatic heterocycles. The van der Waals surface area contributed by atoms with Crippen molar-refractivity contribution in [2.45, 2.75) is 12.8 Å². The third-order valence-corrected chi connectivity index (χ3v) is 4.47. The third kappa shape index (κ3) is 2.54. The van der Waals surface area contributed by atoms with Crippen LogP contribution in [0.15, 0.2) is 41.1 Å². The monoisotopic (exact) mass is 377 g/mol. The molecule has 1 amide bonds. The fourth-order valence-corrected chi connectivity index (χ4v) is 3.33. The van der Waals surface area contributed by atoms with Crippen LogP contribution in [0.5, 0.6) is 0 Å². The first-order valence-corrected chi connectivity index (χ1v) is 7.78. The second-order valence-electron chi connectivity index (χ2n) is 5.11. The normalized spacial score (nSPS) is 18.7. The van der Waals surface area contributed by atoms with Crippen LogP contribution in [0.4, 0.5) is 5.69 Å². The lowest BCUT2D eigenvalue weighted by Crippen LogP contribution is -2.43. The fraction of sp³-hybridized carbons (Fsp3) is 0.294. The van der Waals surface area contributed by atoms with Crippen molar-refractivity contribution >= 4 is 39.8 Å². The standard InChI is InChI=1S/C17H16BrNO4/c1-4-8-17(10-20,16(22)23-3)14-12-9-11(18)6-7-13(12)19(5-2)15(14)21/h6-10,14H,1,5H2,2-3H3. The SMILES string of the molecule is C=C=CC(C=O)(C(=O)OC)C1C(=O)N(CC)c2ccc(Br)cc21. The number of carbonyl (C=O) groups is 3. The van der Waals surface area contributed by atoms with Gasteiger partial charge >= 0.3 is 5.97 Å². The number of amides is 1. The highest BCUT2D eigenvalue weighted by atomic mass is 79.9. The Morgan fingerprint density at radius 2 is 2.26 bits per heavy atom. The number of likely N-dealkylation sites (N-methyl/N-ethyl adjacent to an activating group) is 1. The highest BCUT2D eigenvalue weighted by Crippen LogP contribution is 2.48. The van der Waals surface area contributed by atoms with Gasteiger partial charge in [0.25, 0.3) is 0 Å². The summed E-state index contributed by atoms with van der Waals surface area (Å²) in [4.78, 5) is 38.6. The van der Waals surface area contributed by atoms with Crippen LogP contribution in [0.1, 0.15) is 18.4 Å². The summed E-state index contributed by atoms with van der Waals surface area (Å²) in [6.07, 6.45) is 1.64. The molecular weight excluding hydrogens is 362 g/mol. The van der Waals surface area contributed by atoms with Gasteiger partial charge in [-0.05, 0) is 36.8 Å². The molecule has 1 heterocycles. The number of nitrogens with zero attached hydrogens (tertiary/aromatic N) is 1. The Kier molecular flexibility index (Phi) is 4.88. The number of halogens is 1. The Hall–Kier alpha value is -2.17. The van der Waals surface area contributed by atoms with Crippen molar-refractivity contribution in [2.24, 2.45) is 5.41 Å². The van der Waals surface area contributed by atoms with Crippen LogP contribution in [-0.4, -0.2) is 31.8 Å². The van der Waals surface area contributed by atoms with Gasteiger partial charge in [-0.3, -0.25) is 9.59 Å². The quantitative estimate of drug-likeness (QED) is 0.342. The van der Waals surface area contributed by atoms with Crippen LogP contribution in [0.3, 0.4) is 0 Å². The second-order valence-corrected chi connectivity index (χ2v) is 6.03. The van der Waals surface area contributed by atoms with Crippen molar-refractivity contribution in [3.05, 3.63) is 46.6 Å². The number of esters is 1. The van der Waals surface area contributed by atoms with Crippen molar-refractivity contribution in [1.29, 1.82) is 0 Å². The number of methoxy groups -OCH3 is 1. The van der Waals surface area contributed by atoms with E-state index < -0.39 is 17.3 Å². The minimum absolute atomic E-state index is 0.329. The van der Waals surface area contributed by atoms with E-state index in [1.54, 1.807) is 23.1 Å². The molecule has 1 aliphatic rings. The van der Waals surface area contributed by atoms with Crippen LogP contribution in [0, 0.1) is 5.41 Å². The summed E-state index contributed by atoms with van der Waals surface area (Å²) in [7, 11) is 1.18. The fourth-order valence-electron chi connectivity index (χ4n) is 2.95. The van der Waals surface area contributed by atoms with Crippen LogP contribution >= 0.6 is 15.9 Å². The topological polar surface area (TPSA) is 63.7 Å². The predicted molar refractivity (Wildman–Crippen MR) is 89.1 cm³/mol. The van der Waals surface area contributed by atoms with E-state index in [0.717, 1.165) is 4.47 Å². The minimum Gasteiger partial charge on any atom is -0.468 e. The highest BCUT2D eigenvalue weighted by Gasteiger charge is 2.54. The smallest absolute Gasteiger partial charge is 0.324 e. The summed E-state index contributed by atoms with van der Waals surface area (Å²) in [5.74, 6) is -2.15. The van der Waals surface area contributed by atoms with E-state index in [1.165, 1.54) is 13.2 Å². The highest BCUT2D eigenvalue weighted by molar-refractivity contribution is 9.10. The van der Waals surface area contributed by atoms with Gasteiger partial charge in [-0.25, -0.2) is 0 Å². The van der Waals surface area contributed by atoms with E-state index in [9.17, 15) is 14.4 Å². The summed E-state index contributed by atoms with van der Waals surface area (Å²) in [6.45, 7) is 5.70. The summed E-state index contributed by atoms with van der Waals surface area (Å²) >= 11 is 3.36. The zero-order chi connectivity index (χ0) is 17.2. The number of fused-ring (bicyclic) bond motifs is 1. The number of rotatable bonds is 5. The molecule has 0 N–H and O–H groups in total. The molecule has 0 fully saturated rings. The third-order valence-electron chi connectivity index (χ3n) is 3.97. The molecule has 0 spiro atoms. The van der Waals surface area contributed by atoms with Gasteiger partial charge in [-0.2, -0.15) is 0 Å². The molecule has 2 atom stereocenters. The summed E-state index contributed by atoms with van der Waals surface area (Å²) in [5, 5.41) is 0. The number of ether oxygens (including phenoxy) is 1. The van der Waals surface area contributed by atoms with Crippen molar-refractivity contribution in [3.8, 4) is 0 Å². The molecule has 0 aromatic heterocycles. The van der Waals surface area contributed by atoms with Gasteiger partial charge in [0, 0.05) is 16.7 Å². The molecule has 5 nitrogen and oxygen atoms in total. The number of aldehydes is 1. The number of hydrogen-bond donors (Lipinski definition) is 0. The Balaban J connectivity index is 2.76. The first kappa shape index (κ1) is 17.2. The van der Waals surface area contributed by atoms with Gasteiger partial charge in [0.15, 0.2) is 5.41 Å². The minimum atomic E-state index is -1.78.